The second-order valence-electron chi connectivity index (χ2n) is 8.17. The first-order chi connectivity index (χ1) is 14.8. The van der Waals surface area contributed by atoms with E-state index in [-0.39, 0.29) is 35.8 Å². The standard InChI is InChI=1S/C23H23FN2O4S/c1-23(2)19(22(29)30-13-15-10-6-7-11-16(15)24)26-20(28)18(21(26)31-23)25-17(27)12-14-8-4-3-5-9-14/h3-11,18-19,21H,12-13H2,1-2H3,(H,25,27)/t18-,19?,21-/m1/s1. The summed E-state index contributed by atoms with van der Waals surface area (Å²) in [6.45, 7) is 3.52. The number of β-lactam (4-membered cyclic amide) rings is 1. The first-order valence-electron chi connectivity index (χ1n) is 10.0. The van der Waals surface area contributed by atoms with Crippen LogP contribution >= 0.6 is 11.8 Å². The Bertz CT molecular complexity index is 1010. The smallest absolute Gasteiger partial charge is 0.330 e. The Balaban J connectivity index is 1.39. The molecule has 3 atom stereocenters. The molecule has 1 unspecified atom stereocenters. The lowest BCUT2D eigenvalue weighted by Crippen LogP contribution is -2.70. The number of thioether (sulfide) groups is 1. The molecule has 162 valence electrons. The van der Waals surface area contributed by atoms with Crippen LogP contribution in [0.3, 0.4) is 0 Å². The van der Waals surface area contributed by atoms with Crippen LogP contribution in [0.5, 0.6) is 0 Å². The van der Waals surface area contributed by atoms with Gasteiger partial charge >= 0.3 is 5.97 Å². The minimum absolute atomic E-state index is 0.180. The van der Waals surface area contributed by atoms with Crippen molar-refractivity contribution in [2.75, 3.05) is 0 Å². The zero-order chi connectivity index (χ0) is 22.2. The molecule has 2 aromatic rings. The number of halogens is 1. The fourth-order valence-corrected chi connectivity index (χ4v) is 5.60. The van der Waals surface area contributed by atoms with Crippen molar-refractivity contribution < 1.29 is 23.5 Å². The number of carbonyl (C=O) groups is 3. The average Bonchev–Trinajstić information content (AvgIpc) is 3.00. The van der Waals surface area contributed by atoms with E-state index >= 15 is 0 Å². The number of hydrogen-bond donors (Lipinski definition) is 1. The first kappa shape index (κ1) is 21.4. The van der Waals surface area contributed by atoms with Crippen LogP contribution in [0.25, 0.3) is 0 Å². The molecule has 0 spiro atoms. The van der Waals surface area contributed by atoms with Gasteiger partial charge in [-0.2, -0.15) is 0 Å². The van der Waals surface area contributed by atoms with Gasteiger partial charge in [-0.3, -0.25) is 9.59 Å². The maximum absolute atomic E-state index is 13.8. The van der Waals surface area contributed by atoms with Crippen molar-refractivity contribution in [1.29, 1.82) is 0 Å². The van der Waals surface area contributed by atoms with Gasteiger partial charge in [-0.05, 0) is 25.5 Å². The molecule has 0 aromatic heterocycles. The lowest BCUT2D eigenvalue weighted by Gasteiger charge is -2.44. The van der Waals surface area contributed by atoms with Gasteiger partial charge in [0, 0.05) is 10.3 Å². The molecule has 2 saturated heterocycles. The molecule has 6 nitrogen and oxygen atoms in total. The second-order valence-corrected chi connectivity index (χ2v) is 9.94. The van der Waals surface area contributed by atoms with Crippen LogP contribution < -0.4 is 5.32 Å². The molecular formula is C23H23FN2O4S. The fraction of sp³-hybridized carbons (Fsp3) is 0.348. The zero-order valence-electron chi connectivity index (χ0n) is 17.2. The molecule has 2 heterocycles. The topological polar surface area (TPSA) is 75.7 Å². The third-order valence-electron chi connectivity index (χ3n) is 5.52. The highest BCUT2D eigenvalue weighted by Gasteiger charge is 2.64. The molecule has 4 rings (SSSR count). The molecule has 0 aliphatic carbocycles. The van der Waals surface area contributed by atoms with Gasteiger partial charge in [-0.25, -0.2) is 9.18 Å². The molecule has 2 fully saturated rings. The third kappa shape index (κ3) is 4.17. The molecule has 31 heavy (non-hydrogen) atoms. The van der Waals surface area contributed by atoms with Crippen LogP contribution in [-0.4, -0.2) is 44.9 Å². The van der Waals surface area contributed by atoms with Crippen molar-refractivity contribution in [2.24, 2.45) is 0 Å². The minimum atomic E-state index is -0.802. The molecule has 0 saturated carbocycles. The van der Waals surface area contributed by atoms with E-state index in [2.05, 4.69) is 5.32 Å². The highest BCUT2D eigenvalue weighted by molar-refractivity contribution is 8.01. The van der Waals surface area contributed by atoms with E-state index in [1.165, 1.54) is 22.7 Å². The maximum atomic E-state index is 13.8. The number of carbonyl (C=O) groups excluding carboxylic acids is 3. The summed E-state index contributed by atoms with van der Waals surface area (Å²) in [5.74, 6) is -1.58. The van der Waals surface area contributed by atoms with Crippen molar-refractivity contribution in [3.05, 3.63) is 71.5 Å². The molecule has 8 heteroatoms. The van der Waals surface area contributed by atoms with Gasteiger partial charge in [-0.1, -0.05) is 48.5 Å². The number of nitrogens with one attached hydrogen (secondary N) is 1. The van der Waals surface area contributed by atoms with Gasteiger partial charge < -0.3 is 15.0 Å². The van der Waals surface area contributed by atoms with E-state index in [1.807, 2.05) is 44.2 Å². The second kappa shape index (κ2) is 8.34. The van der Waals surface area contributed by atoms with Gasteiger partial charge in [-0.15, -0.1) is 11.8 Å². The molecule has 0 bridgehead atoms. The van der Waals surface area contributed by atoms with Gasteiger partial charge in [0.2, 0.25) is 11.8 Å². The van der Waals surface area contributed by atoms with E-state index in [4.69, 9.17) is 4.74 Å². The third-order valence-corrected chi connectivity index (χ3v) is 7.09. The Morgan fingerprint density at radius 2 is 1.81 bits per heavy atom. The van der Waals surface area contributed by atoms with Crippen LogP contribution in [0.1, 0.15) is 25.0 Å². The molecule has 0 radical (unpaired) electrons. The predicted octanol–water partition coefficient (Wildman–Crippen LogP) is 2.66. The Labute approximate surface area is 184 Å². The van der Waals surface area contributed by atoms with E-state index in [0.29, 0.717) is 0 Å². The average molecular weight is 443 g/mol. The number of benzene rings is 2. The van der Waals surface area contributed by atoms with Gasteiger partial charge in [0.15, 0.2) is 0 Å². The highest BCUT2D eigenvalue weighted by Crippen LogP contribution is 2.51. The largest absolute Gasteiger partial charge is 0.459 e. The van der Waals surface area contributed by atoms with E-state index in [0.717, 1.165) is 5.56 Å². The number of nitrogens with zero attached hydrogens (tertiary/aromatic N) is 1. The van der Waals surface area contributed by atoms with Crippen LogP contribution in [0.2, 0.25) is 0 Å². The summed E-state index contributed by atoms with van der Waals surface area (Å²) in [5, 5.41) is 2.46. The molecule has 2 aliphatic heterocycles. The van der Waals surface area contributed by atoms with E-state index in [9.17, 15) is 18.8 Å². The predicted molar refractivity (Wildman–Crippen MR) is 114 cm³/mol. The molecule has 2 amide bonds. The van der Waals surface area contributed by atoms with Gasteiger partial charge in [0.1, 0.15) is 29.9 Å². The SMILES string of the molecule is CC1(C)S[C@@H]2[C@H](NC(=O)Cc3ccccc3)C(=O)N2C1C(=O)OCc1ccccc1F. The van der Waals surface area contributed by atoms with Crippen molar-refractivity contribution in [1.82, 2.24) is 10.2 Å². The number of hydrogen-bond acceptors (Lipinski definition) is 5. The van der Waals surface area contributed by atoms with Crippen LogP contribution in [0, 0.1) is 5.82 Å². The molecule has 2 aliphatic rings. The first-order valence-corrected chi connectivity index (χ1v) is 10.9. The Morgan fingerprint density at radius 3 is 2.52 bits per heavy atom. The van der Waals surface area contributed by atoms with E-state index < -0.39 is 28.6 Å². The fourth-order valence-electron chi connectivity index (χ4n) is 3.98. The monoisotopic (exact) mass is 442 g/mol. The quantitative estimate of drug-likeness (QED) is 0.550. The summed E-state index contributed by atoms with van der Waals surface area (Å²) < 4.78 is 18.6. The Hall–Kier alpha value is -2.87. The lowest BCUT2D eigenvalue weighted by atomic mass is 9.95. The summed E-state index contributed by atoms with van der Waals surface area (Å²) >= 11 is 1.45. The zero-order valence-corrected chi connectivity index (χ0v) is 18.0. The van der Waals surface area contributed by atoms with E-state index in [1.54, 1.807) is 18.2 Å². The minimum Gasteiger partial charge on any atom is -0.459 e. The normalized spacial score (nSPS) is 23.6. The van der Waals surface area contributed by atoms with Crippen molar-refractivity contribution in [2.45, 2.75) is 49.1 Å². The van der Waals surface area contributed by atoms with Crippen molar-refractivity contribution >= 4 is 29.5 Å². The Morgan fingerprint density at radius 1 is 1.13 bits per heavy atom. The number of rotatable bonds is 6. The van der Waals surface area contributed by atoms with Crippen molar-refractivity contribution in [3.63, 3.8) is 0 Å². The van der Waals surface area contributed by atoms with Gasteiger partial charge in [0.25, 0.3) is 0 Å². The number of esters is 1. The lowest BCUT2D eigenvalue weighted by molar-refractivity contribution is -0.165. The number of amides is 2. The summed E-state index contributed by atoms with van der Waals surface area (Å²) in [6.07, 6.45) is 0.180. The summed E-state index contributed by atoms with van der Waals surface area (Å²) in [6, 6.07) is 13.9. The van der Waals surface area contributed by atoms with Crippen LogP contribution in [-0.2, 0) is 32.1 Å². The van der Waals surface area contributed by atoms with Crippen LogP contribution in [0.15, 0.2) is 54.6 Å². The summed E-state index contributed by atoms with van der Waals surface area (Å²) in [4.78, 5) is 39.5. The van der Waals surface area contributed by atoms with Gasteiger partial charge in [0.05, 0.1) is 6.42 Å². The molecule has 1 N–H and O–H groups in total. The highest BCUT2D eigenvalue weighted by atomic mass is 32.2. The molecular weight excluding hydrogens is 419 g/mol. The Kier molecular flexibility index (Phi) is 5.75. The summed E-state index contributed by atoms with van der Waals surface area (Å²) in [7, 11) is 0. The summed E-state index contributed by atoms with van der Waals surface area (Å²) in [5.41, 5.74) is 1.13. The number of fused-ring (bicyclic) bond motifs is 1. The molecule has 2 aromatic carbocycles. The maximum Gasteiger partial charge on any atom is 0.330 e. The number of ether oxygens (including phenoxy) is 1. The van der Waals surface area contributed by atoms with Crippen molar-refractivity contribution in [3.8, 4) is 0 Å². The van der Waals surface area contributed by atoms with Crippen LogP contribution in [0.4, 0.5) is 4.39 Å².